The number of rotatable bonds is 8. The van der Waals surface area contributed by atoms with Gasteiger partial charge in [-0.05, 0) is 23.0 Å². The van der Waals surface area contributed by atoms with Crippen LogP contribution in [0.3, 0.4) is 0 Å². The molecule has 1 aromatic carbocycles. The molecule has 0 aromatic heterocycles. The van der Waals surface area contributed by atoms with Gasteiger partial charge in [0.2, 0.25) is 0 Å². The molecule has 2 nitrogen and oxygen atoms in total. The van der Waals surface area contributed by atoms with E-state index in [4.69, 9.17) is 9.47 Å². The molecule has 0 amide bonds. The largest absolute Gasteiger partial charge is 0.487 e. The molecule has 0 aliphatic rings. The number of ether oxygens (including phenoxy) is 2. The Kier molecular flexibility index (Phi) is 8.92. The van der Waals surface area contributed by atoms with Crippen LogP contribution in [0.1, 0.15) is 52.7 Å². The third-order valence-corrected chi connectivity index (χ3v) is 4.85. The van der Waals surface area contributed by atoms with Gasteiger partial charge in [-0.3, -0.25) is 0 Å². The zero-order chi connectivity index (χ0) is 28.7. The van der Waals surface area contributed by atoms with E-state index in [1.807, 2.05) is 0 Å². The molecule has 0 saturated heterocycles. The van der Waals surface area contributed by atoms with Crippen LogP contribution in [0.5, 0.6) is 11.5 Å². The Morgan fingerprint density at radius 2 is 0.806 bits per heavy atom. The van der Waals surface area contributed by atoms with E-state index in [9.17, 15) is 52.7 Å². The fourth-order valence-electron chi connectivity index (χ4n) is 2.94. The SMILES string of the molecule is CC(C)(C)c1cc(OCC(F)(F)C(F)C(F)(F)F)c(C(C)(C)C)cc1OCC(F)(F)C(F)C(F)(F)F. The fraction of sp³-hybridized carbons (Fsp3) is 0.727. The molecule has 0 radical (unpaired) electrons. The van der Waals surface area contributed by atoms with Gasteiger partial charge in [0.15, 0.2) is 13.2 Å². The number of benzene rings is 1. The topological polar surface area (TPSA) is 18.5 Å². The van der Waals surface area contributed by atoms with E-state index < -0.39 is 72.1 Å². The second kappa shape index (κ2) is 10.0. The average Bonchev–Trinajstić information content (AvgIpc) is 2.66. The minimum atomic E-state index is -5.87. The number of hydrogen-bond donors (Lipinski definition) is 0. The van der Waals surface area contributed by atoms with Crippen LogP contribution in [0.25, 0.3) is 0 Å². The summed E-state index contributed by atoms with van der Waals surface area (Å²) in [6, 6.07) is 1.95. The first-order valence-corrected chi connectivity index (χ1v) is 10.3. The van der Waals surface area contributed by atoms with Crippen LogP contribution in [-0.2, 0) is 10.8 Å². The molecule has 14 heteroatoms. The Morgan fingerprint density at radius 1 is 0.556 bits per heavy atom. The van der Waals surface area contributed by atoms with Crippen LogP contribution < -0.4 is 9.47 Å². The molecule has 2 atom stereocenters. The maximum absolute atomic E-state index is 13.8. The van der Waals surface area contributed by atoms with Crippen molar-refractivity contribution in [1.29, 1.82) is 0 Å². The summed E-state index contributed by atoms with van der Waals surface area (Å²) in [4.78, 5) is 0. The molecular formula is C22H26F12O2. The summed E-state index contributed by atoms with van der Waals surface area (Å²) >= 11 is 0. The molecule has 0 aliphatic heterocycles. The first-order valence-electron chi connectivity index (χ1n) is 10.3. The molecule has 0 bridgehead atoms. The maximum Gasteiger partial charge on any atom is 0.425 e. The quantitative estimate of drug-likeness (QED) is 0.305. The lowest BCUT2D eigenvalue weighted by Gasteiger charge is -2.31. The second-order valence-electron chi connectivity index (χ2n) is 10.3. The normalized spacial score (nSPS) is 16.1. The third kappa shape index (κ3) is 7.99. The van der Waals surface area contributed by atoms with E-state index in [-0.39, 0.29) is 11.1 Å². The molecule has 1 rings (SSSR count). The van der Waals surface area contributed by atoms with Gasteiger partial charge in [-0.25, -0.2) is 8.78 Å². The molecule has 0 heterocycles. The lowest BCUT2D eigenvalue weighted by Crippen LogP contribution is -2.45. The summed E-state index contributed by atoms with van der Waals surface area (Å²) in [5.74, 6) is -10.9. The average molecular weight is 550 g/mol. The minimum absolute atomic E-state index is 0.0837. The van der Waals surface area contributed by atoms with Gasteiger partial charge in [-0.2, -0.15) is 43.9 Å². The molecule has 0 N–H and O–H groups in total. The molecular weight excluding hydrogens is 524 g/mol. The predicted octanol–water partition coefficient (Wildman–Crippen LogP) is 8.11. The number of alkyl halides is 12. The zero-order valence-electron chi connectivity index (χ0n) is 20.1. The van der Waals surface area contributed by atoms with Crippen LogP contribution >= 0.6 is 0 Å². The standard InChI is InChI=1S/C22H26F12O2/c1-17(2,3)11-7-14(36-10-20(27,28)16(24)22(32,33)34)12(18(4,5)6)8-13(11)35-9-19(25,26)15(23)21(29,30)31/h7-8,15-16H,9-10H2,1-6H3. The van der Waals surface area contributed by atoms with E-state index in [2.05, 4.69) is 0 Å². The highest BCUT2D eigenvalue weighted by Gasteiger charge is 2.58. The van der Waals surface area contributed by atoms with Crippen LogP contribution in [0.15, 0.2) is 12.1 Å². The molecule has 0 spiro atoms. The minimum Gasteiger partial charge on any atom is -0.487 e. The predicted molar refractivity (Wildman–Crippen MR) is 107 cm³/mol. The molecule has 0 aliphatic carbocycles. The second-order valence-corrected chi connectivity index (χ2v) is 10.3. The van der Waals surface area contributed by atoms with E-state index >= 15 is 0 Å². The number of hydrogen-bond acceptors (Lipinski definition) is 2. The molecule has 36 heavy (non-hydrogen) atoms. The van der Waals surface area contributed by atoms with E-state index in [0.29, 0.717) is 0 Å². The number of halogens is 12. The van der Waals surface area contributed by atoms with Crippen molar-refractivity contribution in [3.8, 4) is 11.5 Å². The molecule has 210 valence electrons. The van der Waals surface area contributed by atoms with Gasteiger partial charge in [-0.1, -0.05) is 41.5 Å². The monoisotopic (exact) mass is 550 g/mol. The summed E-state index contributed by atoms with van der Waals surface area (Å²) in [7, 11) is 0. The van der Waals surface area contributed by atoms with Crippen molar-refractivity contribution >= 4 is 0 Å². The van der Waals surface area contributed by atoms with Crippen molar-refractivity contribution in [2.24, 2.45) is 0 Å². The highest BCUT2D eigenvalue weighted by molar-refractivity contribution is 5.51. The van der Waals surface area contributed by atoms with Gasteiger partial charge in [0, 0.05) is 11.1 Å². The van der Waals surface area contributed by atoms with Crippen LogP contribution in [0, 0.1) is 0 Å². The van der Waals surface area contributed by atoms with Crippen molar-refractivity contribution in [2.45, 2.75) is 88.9 Å². The van der Waals surface area contributed by atoms with Crippen LogP contribution in [-0.4, -0.2) is 49.8 Å². The van der Waals surface area contributed by atoms with E-state index in [1.165, 1.54) is 41.5 Å². The van der Waals surface area contributed by atoms with Gasteiger partial charge in [0.05, 0.1) is 0 Å². The Labute approximate surface area is 199 Å². The van der Waals surface area contributed by atoms with Gasteiger partial charge < -0.3 is 9.47 Å². The van der Waals surface area contributed by atoms with E-state index in [1.54, 1.807) is 0 Å². The van der Waals surface area contributed by atoms with Crippen LogP contribution in [0.4, 0.5) is 52.7 Å². The Balaban J connectivity index is 3.49. The highest BCUT2D eigenvalue weighted by atomic mass is 19.4. The molecule has 0 fully saturated rings. The fourth-order valence-corrected chi connectivity index (χ4v) is 2.94. The first kappa shape index (κ1) is 32.0. The van der Waals surface area contributed by atoms with Crippen molar-refractivity contribution < 1.29 is 62.2 Å². The summed E-state index contributed by atoms with van der Waals surface area (Å²) < 4.78 is 166. The molecule has 0 saturated carbocycles. The lowest BCUT2D eigenvalue weighted by atomic mass is 9.81. The van der Waals surface area contributed by atoms with Gasteiger partial charge >= 0.3 is 24.2 Å². The summed E-state index contributed by atoms with van der Waals surface area (Å²) in [6.45, 7) is 4.75. The van der Waals surface area contributed by atoms with Crippen molar-refractivity contribution in [1.82, 2.24) is 0 Å². The Morgan fingerprint density at radius 3 is 1.00 bits per heavy atom. The summed E-state index contributed by atoms with van der Waals surface area (Å²) in [5, 5.41) is 0. The molecule has 2 unspecified atom stereocenters. The van der Waals surface area contributed by atoms with Crippen molar-refractivity contribution in [3.63, 3.8) is 0 Å². The lowest BCUT2D eigenvalue weighted by molar-refractivity contribution is -0.250. The third-order valence-electron chi connectivity index (χ3n) is 4.85. The van der Waals surface area contributed by atoms with E-state index in [0.717, 1.165) is 12.1 Å². The van der Waals surface area contributed by atoms with Crippen molar-refractivity contribution in [3.05, 3.63) is 23.3 Å². The molecule has 1 aromatic rings. The zero-order valence-corrected chi connectivity index (χ0v) is 20.1. The van der Waals surface area contributed by atoms with Crippen LogP contribution in [0.2, 0.25) is 0 Å². The first-order chi connectivity index (χ1) is 15.7. The maximum atomic E-state index is 13.8. The Hall–Kier alpha value is -2.02. The Bertz CT molecular complexity index is 819. The van der Waals surface area contributed by atoms with Gasteiger partial charge in [0.25, 0.3) is 12.3 Å². The summed E-state index contributed by atoms with van der Waals surface area (Å²) in [5.41, 5.74) is -2.29. The highest BCUT2D eigenvalue weighted by Crippen LogP contribution is 2.43. The summed E-state index contributed by atoms with van der Waals surface area (Å²) in [6.07, 6.45) is -20.8. The van der Waals surface area contributed by atoms with Gasteiger partial charge in [0.1, 0.15) is 11.5 Å². The smallest absolute Gasteiger partial charge is 0.425 e. The van der Waals surface area contributed by atoms with Crippen molar-refractivity contribution in [2.75, 3.05) is 13.2 Å². The van der Waals surface area contributed by atoms with Gasteiger partial charge in [-0.15, -0.1) is 0 Å².